The Morgan fingerprint density at radius 3 is 2.55 bits per heavy atom. The Labute approximate surface area is 125 Å². The van der Waals surface area contributed by atoms with Gasteiger partial charge in [0, 0.05) is 10.6 Å². The van der Waals surface area contributed by atoms with Gasteiger partial charge in [-0.05, 0) is 29.8 Å². The molecule has 0 bridgehead atoms. The number of sulfonamides is 1. The monoisotopic (exact) mass is 314 g/mol. The number of para-hydroxylation sites is 2. The van der Waals surface area contributed by atoms with Crippen molar-refractivity contribution in [1.82, 2.24) is 9.97 Å². The molecule has 3 aromatic rings. The molecule has 22 heavy (non-hydrogen) atoms. The van der Waals surface area contributed by atoms with Gasteiger partial charge in [0.2, 0.25) is 5.95 Å². The molecule has 0 fully saturated rings. The third-order valence-corrected chi connectivity index (χ3v) is 4.28. The molecule has 0 saturated carbocycles. The summed E-state index contributed by atoms with van der Waals surface area (Å²) in [4.78, 5) is 9.72. The van der Waals surface area contributed by atoms with Crippen LogP contribution in [0.3, 0.4) is 0 Å². The Bertz CT molecular complexity index is 938. The van der Waals surface area contributed by atoms with E-state index in [-0.39, 0.29) is 10.8 Å². The molecule has 0 amide bonds. The van der Waals surface area contributed by atoms with E-state index in [4.69, 9.17) is 5.53 Å². The maximum atomic E-state index is 12.3. The average Bonchev–Trinajstić information content (AvgIpc) is 2.89. The molecule has 0 saturated heterocycles. The van der Waals surface area contributed by atoms with E-state index in [0.29, 0.717) is 11.2 Å². The lowest BCUT2D eigenvalue weighted by Gasteiger charge is -2.05. The van der Waals surface area contributed by atoms with Crippen LogP contribution in [0, 0.1) is 0 Å². The van der Waals surface area contributed by atoms with Crippen molar-refractivity contribution in [1.29, 1.82) is 0 Å². The van der Waals surface area contributed by atoms with Crippen molar-refractivity contribution < 1.29 is 8.42 Å². The van der Waals surface area contributed by atoms with Crippen LogP contribution in [-0.4, -0.2) is 18.4 Å². The van der Waals surface area contributed by atoms with Crippen molar-refractivity contribution in [3.05, 3.63) is 59.0 Å². The van der Waals surface area contributed by atoms with Crippen LogP contribution < -0.4 is 4.72 Å². The molecule has 1 heterocycles. The highest BCUT2D eigenvalue weighted by Crippen LogP contribution is 2.20. The number of aromatic amines is 1. The number of rotatable bonds is 4. The maximum Gasteiger partial charge on any atom is 0.264 e. The standard InChI is InChI=1S/C13H10N6O2S/c14-19-17-9-5-7-10(8-6-9)22(20,21)18-13-15-11-3-1-2-4-12(11)16-13/h1-8H,(H2,15,16,18). The van der Waals surface area contributed by atoms with E-state index in [9.17, 15) is 8.42 Å². The number of hydrogen-bond acceptors (Lipinski definition) is 4. The van der Waals surface area contributed by atoms with Gasteiger partial charge >= 0.3 is 0 Å². The van der Waals surface area contributed by atoms with E-state index < -0.39 is 10.0 Å². The first kappa shape index (κ1) is 13.9. The Morgan fingerprint density at radius 2 is 1.86 bits per heavy atom. The number of imidazole rings is 1. The lowest BCUT2D eigenvalue weighted by molar-refractivity contribution is 0.601. The molecule has 2 aromatic carbocycles. The minimum atomic E-state index is -3.77. The fourth-order valence-corrected chi connectivity index (χ4v) is 2.89. The van der Waals surface area contributed by atoms with Crippen molar-refractivity contribution in [3.8, 4) is 0 Å². The molecular weight excluding hydrogens is 304 g/mol. The van der Waals surface area contributed by atoms with Crippen LogP contribution in [0.5, 0.6) is 0 Å². The SMILES string of the molecule is [N-]=[N+]=Nc1ccc(S(=O)(=O)Nc2nc3ccccc3[nH]2)cc1. The molecule has 0 radical (unpaired) electrons. The van der Waals surface area contributed by atoms with Gasteiger partial charge in [-0.1, -0.05) is 29.4 Å². The summed E-state index contributed by atoms with van der Waals surface area (Å²) in [6.07, 6.45) is 0. The zero-order valence-corrected chi connectivity index (χ0v) is 11.9. The van der Waals surface area contributed by atoms with Gasteiger partial charge in [0.15, 0.2) is 0 Å². The lowest BCUT2D eigenvalue weighted by atomic mass is 10.3. The highest BCUT2D eigenvalue weighted by atomic mass is 32.2. The average molecular weight is 314 g/mol. The summed E-state index contributed by atoms with van der Waals surface area (Å²) >= 11 is 0. The number of nitrogens with one attached hydrogen (secondary N) is 2. The maximum absolute atomic E-state index is 12.3. The number of aromatic nitrogens is 2. The van der Waals surface area contributed by atoms with Crippen molar-refractivity contribution in [3.63, 3.8) is 0 Å². The van der Waals surface area contributed by atoms with Crippen LogP contribution in [0.4, 0.5) is 11.6 Å². The van der Waals surface area contributed by atoms with Gasteiger partial charge in [0.05, 0.1) is 15.9 Å². The number of benzene rings is 2. The van der Waals surface area contributed by atoms with E-state index in [2.05, 4.69) is 24.7 Å². The molecule has 0 aliphatic carbocycles. The second kappa shape index (κ2) is 5.40. The van der Waals surface area contributed by atoms with Gasteiger partial charge in [-0.3, -0.25) is 0 Å². The van der Waals surface area contributed by atoms with Crippen LogP contribution in [0.1, 0.15) is 0 Å². The molecule has 0 atom stereocenters. The van der Waals surface area contributed by atoms with Crippen molar-refractivity contribution in [2.75, 3.05) is 4.72 Å². The minimum absolute atomic E-state index is 0.0462. The van der Waals surface area contributed by atoms with Gasteiger partial charge in [0.25, 0.3) is 10.0 Å². The number of fused-ring (bicyclic) bond motifs is 1. The third-order valence-electron chi connectivity index (χ3n) is 2.93. The summed E-state index contributed by atoms with van der Waals surface area (Å²) in [5.74, 6) is 0.139. The summed E-state index contributed by atoms with van der Waals surface area (Å²) in [6.45, 7) is 0. The summed E-state index contributed by atoms with van der Waals surface area (Å²) in [7, 11) is -3.77. The van der Waals surface area contributed by atoms with Gasteiger partial charge in [-0.15, -0.1) is 0 Å². The predicted octanol–water partition coefficient (Wildman–Crippen LogP) is 3.31. The molecule has 9 heteroatoms. The third kappa shape index (κ3) is 2.71. The largest absolute Gasteiger partial charge is 0.323 e. The molecule has 0 aliphatic rings. The zero-order chi connectivity index (χ0) is 15.6. The Balaban J connectivity index is 1.90. The molecule has 3 rings (SSSR count). The van der Waals surface area contributed by atoms with E-state index in [1.807, 2.05) is 12.1 Å². The number of hydrogen-bond donors (Lipinski definition) is 2. The Kier molecular flexibility index (Phi) is 3.42. The smallest absolute Gasteiger partial charge is 0.264 e. The quantitative estimate of drug-likeness (QED) is 0.436. The molecule has 0 aliphatic heterocycles. The van der Waals surface area contributed by atoms with E-state index in [0.717, 1.165) is 5.52 Å². The van der Waals surface area contributed by atoms with E-state index in [1.54, 1.807) is 12.1 Å². The molecule has 2 N–H and O–H groups in total. The summed E-state index contributed by atoms with van der Waals surface area (Å²) in [6, 6.07) is 12.8. The molecule has 0 spiro atoms. The summed E-state index contributed by atoms with van der Waals surface area (Å²) < 4.78 is 26.9. The van der Waals surface area contributed by atoms with Crippen LogP contribution in [0.15, 0.2) is 58.5 Å². The van der Waals surface area contributed by atoms with Crippen molar-refractivity contribution >= 4 is 32.7 Å². The van der Waals surface area contributed by atoms with Crippen LogP contribution in [0.2, 0.25) is 0 Å². The summed E-state index contributed by atoms with van der Waals surface area (Å²) in [5.41, 5.74) is 10.1. The van der Waals surface area contributed by atoms with E-state index >= 15 is 0 Å². The fraction of sp³-hybridized carbons (Fsp3) is 0. The van der Waals surface area contributed by atoms with Crippen molar-refractivity contribution in [2.45, 2.75) is 4.90 Å². The zero-order valence-electron chi connectivity index (χ0n) is 11.1. The Hall–Kier alpha value is -3.03. The van der Waals surface area contributed by atoms with Gasteiger partial charge in [-0.25, -0.2) is 18.1 Å². The van der Waals surface area contributed by atoms with Crippen LogP contribution in [-0.2, 0) is 10.0 Å². The number of anilines is 1. The van der Waals surface area contributed by atoms with Gasteiger partial charge in [-0.2, -0.15) is 0 Å². The lowest BCUT2D eigenvalue weighted by Crippen LogP contribution is -2.13. The molecule has 0 unspecified atom stereocenters. The van der Waals surface area contributed by atoms with Crippen LogP contribution in [0.25, 0.3) is 21.5 Å². The minimum Gasteiger partial charge on any atom is -0.323 e. The Morgan fingerprint density at radius 1 is 1.14 bits per heavy atom. The normalized spacial score (nSPS) is 11.1. The molecule has 8 nitrogen and oxygen atoms in total. The first-order valence-electron chi connectivity index (χ1n) is 6.21. The fourth-order valence-electron chi connectivity index (χ4n) is 1.93. The predicted molar refractivity (Wildman–Crippen MR) is 82.2 cm³/mol. The highest BCUT2D eigenvalue weighted by molar-refractivity contribution is 7.92. The first-order valence-corrected chi connectivity index (χ1v) is 7.69. The van der Waals surface area contributed by atoms with Crippen molar-refractivity contribution in [2.24, 2.45) is 5.11 Å². The van der Waals surface area contributed by atoms with Crippen LogP contribution >= 0.6 is 0 Å². The number of azide groups is 1. The summed E-state index contributed by atoms with van der Waals surface area (Å²) in [5, 5.41) is 3.39. The number of nitrogens with zero attached hydrogens (tertiary/aromatic N) is 4. The second-order valence-corrected chi connectivity index (χ2v) is 6.07. The molecule has 1 aromatic heterocycles. The molecular formula is C13H10N6O2S. The molecule has 110 valence electrons. The first-order chi connectivity index (χ1) is 10.6. The van der Waals surface area contributed by atoms with E-state index in [1.165, 1.54) is 24.3 Å². The second-order valence-electron chi connectivity index (χ2n) is 4.39. The topological polar surface area (TPSA) is 124 Å². The highest BCUT2D eigenvalue weighted by Gasteiger charge is 2.16. The number of H-pyrrole nitrogens is 1. The van der Waals surface area contributed by atoms with Gasteiger partial charge < -0.3 is 4.98 Å². The van der Waals surface area contributed by atoms with Gasteiger partial charge in [0.1, 0.15) is 0 Å².